The van der Waals surface area contributed by atoms with Gasteiger partial charge < -0.3 is 4.90 Å². The molecule has 0 aliphatic rings. The number of hydrogen-bond donors (Lipinski definition) is 0. The van der Waals surface area contributed by atoms with E-state index in [1.807, 2.05) is 0 Å². The summed E-state index contributed by atoms with van der Waals surface area (Å²) in [6.45, 7) is 3.12. The predicted octanol–water partition coefficient (Wildman–Crippen LogP) is 1.36. The van der Waals surface area contributed by atoms with Crippen LogP contribution in [0, 0.1) is 0 Å². The number of rotatable bonds is 4. The van der Waals surface area contributed by atoms with Crippen molar-refractivity contribution < 1.29 is 0 Å². The van der Waals surface area contributed by atoms with E-state index in [9.17, 15) is 0 Å². The van der Waals surface area contributed by atoms with Gasteiger partial charge in [0.2, 0.25) is 0 Å². The second-order valence-electron chi connectivity index (χ2n) is 2.77. The van der Waals surface area contributed by atoms with Crippen LogP contribution in [0.1, 0.15) is 13.3 Å². The second-order valence-corrected chi connectivity index (χ2v) is 2.77. The summed E-state index contributed by atoms with van der Waals surface area (Å²) in [5.74, 6) is 0. The van der Waals surface area contributed by atoms with Gasteiger partial charge in [-0.05, 0) is 26.7 Å². The fourth-order valence-corrected chi connectivity index (χ4v) is 0.779. The Labute approximate surface area is 64.1 Å². The van der Waals surface area contributed by atoms with E-state index in [1.54, 1.807) is 0 Å². The highest BCUT2D eigenvalue weighted by Gasteiger charge is 1.90. The Bertz CT molecular complexity index is 97.4. The van der Waals surface area contributed by atoms with Gasteiger partial charge in [0.05, 0.1) is 6.67 Å². The largest absolute Gasteiger partial charge is 0.368 e. The maximum atomic E-state index is 2.16. The molecule has 0 N–H and O–H groups in total. The van der Waals surface area contributed by atoms with Gasteiger partial charge in [-0.15, -0.1) is 0 Å². The zero-order valence-corrected chi connectivity index (χ0v) is 7.46. The van der Waals surface area contributed by atoms with Gasteiger partial charge in [0, 0.05) is 7.05 Å². The summed E-state index contributed by atoms with van der Waals surface area (Å²) >= 11 is 0. The summed E-state index contributed by atoms with van der Waals surface area (Å²) in [5.41, 5.74) is 0. The minimum absolute atomic E-state index is 0.983. The van der Waals surface area contributed by atoms with Crippen molar-refractivity contribution in [3.63, 3.8) is 0 Å². The van der Waals surface area contributed by atoms with Gasteiger partial charge in [-0.2, -0.15) is 0 Å². The highest BCUT2D eigenvalue weighted by atomic mass is 15.3. The summed E-state index contributed by atoms with van der Waals surface area (Å²) in [6, 6.07) is 0. The summed E-state index contributed by atoms with van der Waals surface area (Å²) < 4.78 is 0. The first-order chi connectivity index (χ1) is 4.66. The smallest absolute Gasteiger partial charge is 0.0693 e. The third-order valence-electron chi connectivity index (χ3n) is 1.10. The van der Waals surface area contributed by atoms with Crippen molar-refractivity contribution in [1.82, 2.24) is 9.80 Å². The molecule has 0 bridgehead atoms. The molecule has 0 spiro atoms. The fraction of sp³-hybridized carbons (Fsp3) is 0.750. The van der Waals surface area contributed by atoms with Crippen LogP contribution in [0.25, 0.3) is 0 Å². The first-order valence-corrected chi connectivity index (χ1v) is 3.68. The van der Waals surface area contributed by atoms with Crippen molar-refractivity contribution in [3.8, 4) is 0 Å². The number of hydrogen-bond acceptors (Lipinski definition) is 2. The first kappa shape index (κ1) is 9.50. The zero-order valence-electron chi connectivity index (χ0n) is 7.46. The highest BCUT2D eigenvalue weighted by Crippen LogP contribution is 1.87. The van der Waals surface area contributed by atoms with Gasteiger partial charge in [-0.25, -0.2) is 0 Å². The predicted molar refractivity (Wildman–Crippen MR) is 45.7 cm³/mol. The first-order valence-electron chi connectivity index (χ1n) is 3.68. The molecule has 60 valence electrons. The van der Waals surface area contributed by atoms with E-state index in [1.165, 1.54) is 0 Å². The molecule has 0 unspecified atom stereocenters. The molecule has 0 atom stereocenters. The van der Waals surface area contributed by atoms with Crippen LogP contribution >= 0.6 is 0 Å². The minimum Gasteiger partial charge on any atom is -0.368 e. The Morgan fingerprint density at radius 1 is 1.20 bits per heavy atom. The van der Waals surface area contributed by atoms with Gasteiger partial charge in [-0.3, -0.25) is 4.90 Å². The van der Waals surface area contributed by atoms with Crippen molar-refractivity contribution in [2.75, 3.05) is 27.8 Å². The molecule has 0 rings (SSSR count). The van der Waals surface area contributed by atoms with Gasteiger partial charge in [0.25, 0.3) is 0 Å². The van der Waals surface area contributed by atoms with Crippen LogP contribution in [0.5, 0.6) is 0 Å². The SMILES string of the molecule is CC/C=C\N(C)CN(C)C. The lowest BCUT2D eigenvalue weighted by Crippen LogP contribution is -2.26. The Balaban J connectivity index is 3.42. The Hall–Kier alpha value is -0.500. The fourth-order valence-electron chi connectivity index (χ4n) is 0.779. The molecule has 0 aromatic heterocycles. The standard InChI is InChI=1S/C8H18N2/c1-5-6-7-10(4)8-9(2)3/h6-7H,5,8H2,1-4H3/b7-6-. The third kappa shape index (κ3) is 5.63. The highest BCUT2D eigenvalue weighted by molar-refractivity contribution is 4.78. The Kier molecular flexibility index (Phi) is 5.03. The topological polar surface area (TPSA) is 6.48 Å². The van der Waals surface area contributed by atoms with Crippen LogP contribution in [0.4, 0.5) is 0 Å². The van der Waals surface area contributed by atoms with Crippen molar-refractivity contribution in [1.29, 1.82) is 0 Å². The second kappa shape index (κ2) is 5.30. The summed E-state index contributed by atoms with van der Waals surface area (Å²) in [4.78, 5) is 4.30. The Morgan fingerprint density at radius 3 is 2.20 bits per heavy atom. The van der Waals surface area contributed by atoms with Crippen LogP contribution in [0.3, 0.4) is 0 Å². The molecule has 2 heteroatoms. The van der Waals surface area contributed by atoms with E-state index >= 15 is 0 Å². The van der Waals surface area contributed by atoms with Gasteiger partial charge >= 0.3 is 0 Å². The molecule has 10 heavy (non-hydrogen) atoms. The molecule has 0 aromatic rings. The van der Waals surface area contributed by atoms with Gasteiger partial charge in [-0.1, -0.05) is 13.0 Å². The normalized spacial score (nSPS) is 11.3. The van der Waals surface area contributed by atoms with Gasteiger partial charge in [0.1, 0.15) is 0 Å². The van der Waals surface area contributed by atoms with E-state index < -0.39 is 0 Å². The van der Waals surface area contributed by atoms with Crippen molar-refractivity contribution in [2.45, 2.75) is 13.3 Å². The molecule has 0 saturated heterocycles. The summed E-state index contributed by atoms with van der Waals surface area (Å²) in [7, 11) is 6.21. The van der Waals surface area contributed by atoms with Crippen LogP contribution in [-0.2, 0) is 0 Å². The summed E-state index contributed by atoms with van der Waals surface area (Å²) in [6.07, 6.45) is 5.38. The van der Waals surface area contributed by atoms with Crippen LogP contribution in [0.2, 0.25) is 0 Å². The van der Waals surface area contributed by atoms with Crippen molar-refractivity contribution >= 4 is 0 Å². The lowest BCUT2D eigenvalue weighted by Gasteiger charge is -2.18. The van der Waals surface area contributed by atoms with E-state index in [0.717, 1.165) is 13.1 Å². The average molecular weight is 142 g/mol. The molecular formula is C8H18N2. The molecule has 0 amide bonds. The lowest BCUT2D eigenvalue weighted by molar-refractivity contribution is 0.267. The van der Waals surface area contributed by atoms with Crippen molar-refractivity contribution in [2.24, 2.45) is 0 Å². The molecular weight excluding hydrogens is 124 g/mol. The quantitative estimate of drug-likeness (QED) is 0.547. The molecule has 2 nitrogen and oxygen atoms in total. The minimum atomic E-state index is 0.983. The Morgan fingerprint density at radius 2 is 1.80 bits per heavy atom. The van der Waals surface area contributed by atoms with Crippen LogP contribution in [0.15, 0.2) is 12.3 Å². The van der Waals surface area contributed by atoms with Crippen molar-refractivity contribution in [3.05, 3.63) is 12.3 Å². The molecule has 0 heterocycles. The molecule has 0 aliphatic carbocycles. The molecule has 0 aliphatic heterocycles. The molecule has 0 aromatic carbocycles. The molecule has 0 radical (unpaired) electrons. The number of allylic oxidation sites excluding steroid dienone is 1. The summed E-state index contributed by atoms with van der Waals surface area (Å²) in [5, 5.41) is 0. The van der Waals surface area contributed by atoms with E-state index in [0.29, 0.717) is 0 Å². The monoisotopic (exact) mass is 142 g/mol. The molecule has 0 fully saturated rings. The van der Waals surface area contributed by atoms with E-state index in [4.69, 9.17) is 0 Å². The lowest BCUT2D eigenvalue weighted by atomic mass is 10.5. The average Bonchev–Trinajstić information content (AvgIpc) is 1.82. The zero-order chi connectivity index (χ0) is 7.98. The maximum Gasteiger partial charge on any atom is 0.0693 e. The third-order valence-corrected chi connectivity index (χ3v) is 1.10. The number of nitrogens with zero attached hydrogens (tertiary/aromatic N) is 2. The maximum absolute atomic E-state index is 2.16. The van der Waals surface area contributed by atoms with E-state index in [2.05, 4.69) is 50.1 Å². The van der Waals surface area contributed by atoms with Crippen LogP contribution < -0.4 is 0 Å². The molecule has 0 saturated carbocycles. The van der Waals surface area contributed by atoms with Gasteiger partial charge in [0.15, 0.2) is 0 Å². The van der Waals surface area contributed by atoms with E-state index in [-0.39, 0.29) is 0 Å². The van der Waals surface area contributed by atoms with Crippen LogP contribution in [-0.4, -0.2) is 37.6 Å².